The highest BCUT2D eigenvalue weighted by Crippen LogP contribution is 2.51. The standard InChI is InChI=1S/C27H21F3N4O4/c1-27(36)11-37-19-8-12(10-31-23(19)27)13-6-7-15-22(21(13)28)34-16-9-17(24(34)32-15)33(2)25(35)14-4-3-5-18(20(14)16)38-26(29)30/h3-8,10,16-17,26,36H,9,11H2,1-2H3/t16-,17-,27+/m1/s1/i2D3. The second-order valence-corrected chi connectivity index (χ2v) is 9.81. The van der Waals surface area contributed by atoms with Gasteiger partial charge in [0.25, 0.3) is 5.91 Å². The van der Waals surface area contributed by atoms with E-state index in [1.54, 1.807) is 19.1 Å². The molecule has 0 aliphatic carbocycles. The molecule has 3 aliphatic heterocycles. The van der Waals surface area contributed by atoms with Crippen LogP contribution < -0.4 is 9.47 Å². The van der Waals surface area contributed by atoms with Gasteiger partial charge in [-0.1, -0.05) is 6.07 Å². The highest BCUT2D eigenvalue weighted by molar-refractivity contribution is 5.98. The lowest BCUT2D eigenvalue weighted by atomic mass is 9.97. The summed E-state index contributed by atoms with van der Waals surface area (Å²) < 4.78 is 79.4. The summed E-state index contributed by atoms with van der Waals surface area (Å²) in [6.07, 6.45) is 1.38. The first-order chi connectivity index (χ1) is 19.4. The average Bonchev–Trinajstić information content (AvgIpc) is 3.50. The molecule has 3 atom stereocenters. The number of amides is 1. The van der Waals surface area contributed by atoms with Crippen molar-refractivity contribution >= 4 is 16.9 Å². The van der Waals surface area contributed by atoms with Crippen LogP contribution in [0.15, 0.2) is 42.6 Å². The van der Waals surface area contributed by atoms with Crippen molar-refractivity contribution in [1.29, 1.82) is 0 Å². The van der Waals surface area contributed by atoms with E-state index in [2.05, 4.69) is 9.97 Å². The molecule has 0 saturated heterocycles. The second-order valence-electron chi connectivity index (χ2n) is 9.81. The molecule has 194 valence electrons. The van der Waals surface area contributed by atoms with Crippen molar-refractivity contribution in [2.45, 2.75) is 37.6 Å². The van der Waals surface area contributed by atoms with Gasteiger partial charge < -0.3 is 24.0 Å². The normalized spacial score (nSPS) is 24.8. The first-order valence-corrected chi connectivity index (χ1v) is 11.8. The Bertz CT molecular complexity index is 1780. The fraction of sp³-hybridized carbons (Fsp3) is 0.296. The minimum atomic E-state index is -3.21. The van der Waals surface area contributed by atoms with Crippen molar-refractivity contribution in [3.63, 3.8) is 0 Å². The van der Waals surface area contributed by atoms with E-state index in [1.807, 2.05) is 0 Å². The van der Waals surface area contributed by atoms with Gasteiger partial charge in [-0.25, -0.2) is 9.37 Å². The van der Waals surface area contributed by atoms with Crippen molar-refractivity contribution in [1.82, 2.24) is 19.4 Å². The Morgan fingerprint density at radius 2 is 2.11 bits per heavy atom. The Hall–Kier alpha value is -4.12. The van der Waals surface area contributed by atoms with Gasteiger partial charge in [0, 0.05) is 46.0 Å². The molecule has 0 saturated carbocycles. The number of benzene rings is 2. The molecule has 2 aromatic carbocycles. The Balaban J connectivity index is 1.47. The first kappa shape index (κ1) is 19.9. The maximum absolute atomic E-state index is 16.5. The van der Waals surface area contributed by atoms with E-state index >= 15 is 4.39 Å². The number of hydrogen-bond acceptors (Lipinski definition) is 6. The van der Waals surface area contributed by atoms with Crippen LogP contribution in [-0.2, 0) is 5.60 Å². The Morgan fingerprint density at radius 1 is 1.26 bits per heavy atom. The third kappa shape index (κ3) is 3.05. The molecular formula is C27H21F3N4O4. The fourth-order valence-electron chi connectivity index (χ4n) is 5.77. The number of aliphatic hydroxyl groups is 1. The molecule has 2 bridgehead atoms. The molecule has 7 rings (SSSR count). The van der Waals surface area contributed by atoms with Crippen LogP contribution in [0, 0.1) is 5.82 Å². The predicted molar refractivity (Wildman–Crippen MR) is 129 cm³/mol. The second kappa shape index (κ2) is 7.70. The van der Waals surface area contributed by atoms with Gasteiger partial charge >= 0.3 is 6.61 Å². The van der Waals surface area contributed by atoms with Crippen LogP contribution in [0.2, 0.25) is 0 Å². The lowest BCUT2D eigenvalue weighted by Crippen LogP contribution is -2.30. The SMILES string of the molecule is [2H]C([2H])([2H])N1C(=O)c2cccc(OC(F)F)c2[C@H]2C[C@@H]1c1nc3ccc(-c4cnc5c(c4)OC[C@]5(C)O)c(F)c3n12. The van der Waals surface area contributed by atoms with E-state index in [9.17, 15) is 18.7 Å². The largest absolute Gasteiger partial charge is 0.488 e. The van der Waals surface area contributed by atoms with Gasteiger partial charge in [0.2, 0.25) is 0 Å². The Kier molecular flexibility index (Phi) is 4.04. The van der Waals surface area contributed by atoms with Crippen molar-refractivity contribution in [2.75, 3.05) is 13.6 Å². The third-order valence-corrected chi connectivity index (χ3v) is 7.43. The number of carbonyl (C=O) groups is 1. The van der Waals surface area contributed by atoms with E-state index in [1.165, 1.54) is 35.0 Å². The average molecular weight is 526 g/mol. The Morgan fingerprint density at radius 3 is 2.89 bits per heavy atom. The molecule has 0 radical (unpaired) electrons. The summed E-state index contributed by atoms with van der Waals surface area (Å²) in [5, 5.41) is 10.4. The summed E-state index contributed by atoms with van der Waals surface area (Å²) >= 11 is 0. The van der Waals surface area contributed by atoms with Crippen LogP contribution in [0.25, 0.3) is 22.2 Å². The maximum Gasteiger partial charge on any atom is 0.387 e. The molecule has 4 aromatic rings. The van der Waals surface area contributed by atoms with Crippen molar-refractivity contribution in [3.8, 4) is 22.6 Å². The molecule has 3 aliphatic rings. The van der Waals surface area contributed by atoms with E-state index in [0.29, 0.717) is 21.9 Å². The monoisotopic (exact) mass is 525 g/mol. The lowest BCUT2D eigenvalue weighted by molar-refractivity contribution is -0.0507. The van der Waals surface area contributed by atoms with Gasteiger partial charge in [-0.2, -0.15) is 8.78 Å². The predicted octanol–water partition coefficient (Wildman–Crippen LogP) is 4.56. The number of pyridine rings is 1. The Labute approximate surface area is 218 Å². The summed E-state index contributed by atoms with van der Waals surface area (Å²) in [6, 6.07) is 6.55. The molecule has 11 heteroatoms. The fourth-order valence-corrected chi connectivity index (χ4v) is 5.77. The zero-order chi connectivity index (χ0) is 29.0. The summed E-state index contributed by atoms with van der Waals surface area (Å²) in [7, 11) is 0. The zero-order valence-electron chi connectivity index (χ0n) is 22.8. The number of fused-ring (bicyclic) bond motifs is 10. The quantitative estimate of drug-likeness (QED) is 0.422. The van der Waals surface area contributed by atoms with E-state index < -0.39 is 43.0 Å². The van der Waals surface area contributed by atoms with Gasteiger partial charge in [0.15, 0.2) is 5.82 Å². The van der Waals surface area contributed by atoms with Crippen molar-refractivity contribution < 1.29 is 36.7 Å². The van der Waals surface area contributed by atoms with Gasteiger partial charge in [-0.05, 0) is 37.3 Å². The van der Waals surface area contributed by atoms with Crippen LogP contribution in [0.5, 0.6) is 11.5 Å². The van der Waals surface area contributed by atoms with E-state index in [4.69, 9.17) is 13.6 Å². The number of halogens is 3. The summed E-state index contributed by atoms with van der Waals surface area (Å²) in [5.74, 6) is -1.46. The minimum absolute atomic E-state index is 0.000640. The molecule has 0 spiro atoms. The highest BCUT2D eigenvalue weighted by atomic mass is 19.3. The van der Waals surface area contributed by atoms with Gasteiger partial charge in [-0.15, -0.1) is 0 Å². The maximum atomic E-state index is 16.5. The molecule has 0 unspecified atom stereocenters. The lowest BCUT2D eigenvalue weighted by Gasteiger charge is -2.24. The summed E-state index contributed by atoms with van der Waals surface area (Å²) in [4.78, 5) is 23.1. The number of hydrogen-bond donors (Lipinski definition) is 1. The number of imidazole rings is 1. The van der Waals surface area contributed by atoms with Crippen LogP contribution in [0.4, 0.5) is 13.2 Å². The molecule has 5 heterocycles. The topological polar surface area (TPSA) is 89.7 Å². The number of aromatic nitrogens is 3. The van der Waals surface area contributed by atoms with Crippen LogP contribution in [-0.4, -0.2) is 50.6 Å². The minimum Gasteiger partial charge on any atom is -0.488 e. The first-order valence-electron chi connectivity index (χ1n) is 13.3. The third-order valence-electron chi connectivity index (χ3n) is 7.43. The summed E-state index contributed by atoms with van der Waals surface area (Å²) in [5.41, 5.74) is -0.350. The zero-order valence-corrected chi connectivity index (χ0v) is 19.8. The molecule has 1 N–H and O–H groups in total. The number of ether oxygens (including phenoxy) is 2. The number of nitrogens with zero attached hydrogens (tertiary/aromatic N) is 4. The van der Waals surface area contributed by atoms with E-state index in [0.717, 1.165) is 0 Å². The molecule has 38 heavy (non-hydrogen) atoms. The van der Waals surface area contributed by atoms with Crippen LogP contribution in [0.1, 0.15) is 57.0 Å². The van der Waals surface area contributed by atoms with Crippen molar-refractivity contribution in [2.24, 2.45) is 0 Å². The summed E-state index contributed by atoms with van der Waals surface area (Å²) in [6.45, 7) is -4.55. The van der Waals surface area contributed by atoms with E-state index in [-0.39, 0.29) is 52.3 Å². The van der Waals surface area contributed by atoms with Crippen molar-refractivity contribution in [3.05, 3.63) is 71.1 Å². The van der Waals surface area contributed by atoms with Crippen LogP contribution >= 0.6 is 0 Å². The molecule has 2 aromatic heterocycles. The van der Waals surface area contributed by atoms with Crippen LogP contribution in [0.3, 0.4) is 0 Å². The van der Waals surface area contributed by atoms with Gasteiger partial charge in [0.1, 0.15) is 40.7 Å². The highest BCUT2D eigenvalue weighted by Gasteiger charge is 2.45. The van der Waals surface area contributed by atoms with Gasteiger partial charge in [-0.3, -0.25) is 9.78 Å². The number of rotatable bonds is 3. The number of carbonyl (C=O) groups excluding carboxylic acids is 1. The molecule has 1 amide bonds. The molecular weight excluding hydrogens is 501 g/mol. The number of alkyl halides is 2. The molecule has 8 nitrogen and oxygen atoms in total. The smallest absolute Gasteiger partial charge is 0.387 e. The molecule has 0 fully saturated rings. The van der Waals surface area contributed by atoms with Gasteiger partial charge in [0.05, 0.1) is 17.6 Å².